The lowest BCUT2D eigenvalue weighted by atomic mass is 10.1. The van der Waals surface area contributed by atoms with Crippen molar-refractivity contribution in [3.05, 3.63) is 82.0 Å². The summed E-state index contributed by atoms with van der Waals surface area (Å²) in [5.41, 5.74) is 5.02. The van der Waals surface area contributed by atoms with E-state index in [2.05, 4.69) is 33.5 Å². The van der Waals surface area contributed by atoms with E-state index in [0.29, 0.717) is 23.4 Å². The minimum absolute atomic E-state index is 0.170. The molecule has 1 aliphatic heterocycles. The highest BCUT2D eigenvalue weighted by atomic mass is 16.5. The Morgan fingerprint density at radius 2 is 1.89 bits per heavy atom. The highest BCUT2D eigenvalue weighted by Crippen LogP contribution is 2.30. The van der Waals surface area contributed by atoms with Gasteiger partial charge in [-0.25, -0.2) is 9.48 Å². The molecule has 184 valence electrons. The standard InChI is InChI=1S/C27H32N4O4/c1-18(22-9-11-23(12-10-22)27(34)35-3)28-25(33)24-19(2)29-31-14-13-30(26(24)31)17-21-7-4-6-20(16-21)8-5-15-32/h4,6-7,9-12,16,18,32H,5,8,13-15,17H2,1-3H3,(H,28,33)/t18-/m0/s1. The number of hydrogen-bond acceptors (Lipinski definition) is 6. The molecule has 1 amide bonds. The number of methoxy groups -OCH3 is 1. The minimum atomic E-state index is -0.390. The van der Waals surface area contributed by atoms with Gasteiger partial charge in [0.05, 0.1) is 31.0 Å². The molecule has 0 radical (unpaired) electrons. The number of aliphatic hydroxyl groups is 1. The van der Waals surface area contributed by atoms with Gasteiger partial charge < -0.3 is 20.1 Å². The summed E-state index contributed by atoms with van der Waals surface area (Å²) >= 11 is 0. The third kappa shape index (κ3) is 5.38. The maximum atomic E-state index is 13.4. The van der Waals surface area contributed by atoms with Crippen LogP contribution >= 0.6 is 0 Å². The third-order valence-electron chi connectivity index (χ3n) is 6.38. The highest BCUT2D eigenvalue weighted by molar-refractivity contribution is 6.00. The number of nitrogens with zero attached hydrogens (tertiary/aromatic N) is 3. The first-order valence-electron chi connectivity index (χ1n) is 11.9. The number of carbonyl (C=O) groups is 2. The topological polar surface area (TPSA) is 96.7 Å². The fourth-order valence-corrected chi connectivity index (χ4v) is 4.55. The molecule has 0 fully saturated rings. The molecule has 1 aromatic heterocycles. The lowest BCUT2D eigenvalue weighted by molar-refractivity contribution is 0.0600. The van der Waals surface area contributed by atoms with E-state index in [9.17, 15) is 9.59 Å². The van der Waals surface area contributed by atoms with E-state index in [4.69, 9.17) is 9.84 Å². The summed E-state index contributed by atoms with van der Waals surface area (Å²) in [5, 5.41) is 16.8. The summed E-state index contributed by atoms with van der Waals surface area (Å²) in [6.07, 6.45) is 1.58. The predicted molar refractivity (Wildman–Crippen MR) is 134 cm³/mol. The van der Waals surface area contributed by atoms with Crippen LogP contribution in [0.5, 0.6) is 0 Å². The van der Waals surface area contributed by atoms with Crippen LogP contribution < -0.4 is 10.2 Å². The molecule has 4 rings (SSSR count). The summed E-state index contributed by atoms with van der Waals surface area (Å²) < 4.78 is 6.66. The number of ether oxygens (including phenoxy) is 1. The summed E-state index contributed by atoms with van der Waals surface area (Å²) in [6, 6.07) is 15.2. The number of amides is 1. The van der Waals surface area contributed by atoms with Crippen LogP contribution in [-0.2, 0) is 24.2 Å². The van der Waals surface area contributed by atoms with Crippen molar-refractivity contribution in [3.63, 3.8) is 0 Å². The Hall–Kier alpha value is -3.65. The summed E-state index contributed by atoms with van der Waals surface area (Å²) in [5.74, 6) is 0.282. The van der Waals surface area contributed by atoms with Crippen LogP contribution in [0.25, 0.3) is 0 Å². The van der Waals surface area contributed by atoms with Crippen molar-refractivity contribution in [2.45, 2.75) is 45.8 Å². The number of carbonyl (C=O) groups excluding carboxylic acids is 2. The largest absolute Gasteiger partial charge is 0.465 e. The average Bonchev–Trinajstić information content (AvgIpc) is 3.40. The molecule has 0 aliphatic carbocycles. The van der Waals surface area contributed by atoms with E-state index in [1.165, 1.54) is 12.7 Å². The summed E-state index contributed by atoms with van der Waals surface area (Å²) in [7, 11) is 1.35. The molecule has 2 heterocycles. The molecule has 0 bridgehead atoms. The van der Waals surface area contributed by atoms with Gasteiger partial charge in [-0.15, -0.1) is 0 Å². The van der Waals surface area contributed by atoms with Gasteiger partial charge in [-0.1, -0.05) is 36.4 Å². The van der Waals surface area contributed by atoms with E-state index in [0.717, 1.165) is 42.9 Å². The van der Waals surface area contributed by atoms with Gasteiger partial charge in [-0.05, 0) is 55.5 Å². The first-order chi connectivity index (χ1) is 16.9. The number of anilines is 1. The second-order valence-electron chi connectivity index (χ2n) is 8.88. The lowest BCUT2D eigenvalue weighted by Crippen LogP contribution is -2.29. The predicted octanol–water partition coefficient (Wildman–Crippen LogP) is 3.41. The van der Waals surface area contributed by atoms with Crippen molar-refractivity contribution >= 4 is 17.7 Å². The quantitative estimate of drug-likeness (QED) is 0.460. The molecule has 0 spiro atoms. The molecule has 0 unspecified atom stereocenters. The number of hydrogen-bond donors (Lipinski definition) is 2. The van der Waals surface area contributed by atoms with Gasteiger partial charge in [0.1, 0.15) is 11.4 Å². The molecule has 3 aromatic rings. The second-order valence-corrected chi connectivity index (χ2v) is 8.88. The Labute approximate surface area is 205 Å². The molecule has 1 atom stereocenters. The van der Waals surface area contributed by atoms with Gasteiger partial charge in [0.25, 0.3) is 5.91 Å². The van der Waals surface area contributed by atoms with E-state index in [-0.39, 0.29) is 18.6 Å². The summed E-state index contributed by atoms with van der Waals surface area (Å²) in [6.45, 7) is 6.17. The van der Waals surface area contributed by atoms with Gasteiger partial charge in [-0.3, -0.25) is 4.79 Å². The Morgan fingerprint density at radius 1 is 1.14 bits per heavy atom. The number of fused-ring (bicyclic) bond motifs is 1. The third-order valence-corrected chi connectivity index (χ3v) is 6.38. The van der Waals surface area contributed by atoms with Crippen LogP contribution in [0.1, 0.15) is 62.5 Å². The summed E-state index contributed by atoms with van der Waals surface area (Å²) in [4.78, 5) is 27.3. The van der Waals surface area contributed by atoms with Crippen LogP contribution in [-0.4, -0.2) is 47.0 Å². The zero-order chi connectivity index (χ0) is 24.9. The smallest absolute Gasteiger partial charge is 0.337 e. The monoisotopic (exact) mass is 476 g/mol. The first kappa shape index (κ1) is 24.5. The molecule has 1 aliphatic rings. The van der Waals surface area contributed by atoms with E-state index >= 15 is 0 Å². The Bertz CT molecular complexity index is 1200. The average molecular weight is 477 g/mol. The van der Waals surface area contributed by atoms with Crippen LogP contribution in [0, 0.1) is 6.92 Å². The number of rotatable bonds is 9. The van der Waals surface area contributed by atoms with Crippen molar-refractivity contribution in [3.8, 4) is 0 Å². The fraction of sp³-hybridized carbons (Fsp3) is 0.370. The van der Waals surface area contributed by atoms with E-state index in [1.807, 2.05) is 36.7 Å². The number of aryl methyl sites for hydroxylation is 2. The lowest BCUT2D eigenvalue weighted by Gasteiger charge is -2.21. The van der Waals surface area contributed by atoms with Gasteiger partial charge in [-0.2, -0.15) is 5.10 Å². The van der Waals surface area contributed by atoms with Gasteiger partial charge in [0, 0.05) is 19.7 Å². The normalized spacial score (nSPS) is 13.4. The van der Waals surface area contributed by atoms with Crippen molar-refractivity contribution in [2.24, 2.45) is 0 Å². The van der Waals surface area contributed by atoms with E-state index < -0.39 is 5.97 Å². The van der Waals surface area contributed by atoms with Crippen molar-refractivity contribution < 1.29 is 19.4 Å². The van der Waals surface area contributed by atoms with Crippen LogP contribution in [0.2, 0.25) is 0 Å². The highest BCUT2D eigenvalue weighted by Gasteiger charge is 2.30. The molecule has 0 saturated carbocycles. The van der Waals surface area contributed by atoms with Crippen molar-refractivity contribution in [2.75, 3.05) is 25.2 Å². The zero-order valence-electron chi connectivity index (χ0n) is 20.5. The molecule has 0 saturated heterocycles. The van der Waals surface area contributed by atoms with Gasteiger partial charge in [0.2, 0.25) is 0 Å². The molecule has 2 aromatic carbocycles. The molecule has 2 N–H and O–H groups in total. The first-order valence-corrected chi connectivity index (χ1v) is 11.9. The number of nitrogens with one attached hydrogen (secondary N) is 1. The number of benzene rings is 2. The van der Waals surface area contributed by atoms with Crippen LogP contribution in [0.3, 0.4) is 0 Å². The fourth-order valence-electron chi connectivity index (χ4n) is 4.55. The van der Waals surface area contributed by atoms with E-state index in [1.54, 1.807) is 12.1 Å². The number of aromatic nitrogens is 2. The molecular weight excluding hydrogens is 444 g/mol. The molecule has 35 heavy (non-hydrogen) atoms. The molecular formula is C27H32N4O4. The van der Waals surface area contributed by atoms with Gasteiger partial charge in [0.15, 0.2) is 0 Å². The molecule has 8 nitrogen and oxygen atoms in total. The number of aliphatic hydroxyl groups excluding tert-OH is 1. The van der Waals surface area contributed by atoms with Crippen LogP contribution in [0.15, 0.2) is 48.5 Å². The number of esters is 1. The zero-order valence-corrected chi connectivity index (χ0v) is 20.5. The molecule has 8 heteroatoms. The maximum Gasteiger partial charge on any atom is 0.337 e. The maximum absolute atomic E-state index is 13.4. The minimum Gasteiger partial charge on any atom is -0.465 e. The van der Waals surface area contributed by atoms with Gasteiger partial charge >= 0.3 is 5.97 Å². The van der Waals surface area contributed by atoms with Crippen LogP contribution in [0.4, 0.5) is 5.82 Å². The SMILES string of the molecule is COC(=O)c1ccc([C@H](C)NC(=O)c2c(C)nn3c2N(Cc2cccc(CCCO)c2)CC3)cc1. The van der Waals surface area contributed by atoms with Crippen molar-refractivity contribution in [1.29, 1.82) is 0 Å². The Kier molecular flexibility index (Phi) is 7.51. The Morgan fingerprint density at radius 3 is 2.60 bits per heavy atom. The van der Waals surface area contributed by atoms with Crippen molar-refractivity contribution in [1.82, 2.24) is 15.1 Å². The second kappa shape index (κ2) is 10.7. The Balaban J connectivity index is 1.50.